The lowest BCUT2D eigenvalue weighted by Crippen LogP contribution is -2.57. The maximum Gasteiger partial charge on any atom is 0.282 e. The monoisotopic (exact) mass is 344 g/mol. The predicted octanol–water partition coefficient (Wildman–Crippen LogP) is 4.02. The summed E-state index contributed by atoms with van der Waals surface area (Å²) in [5.41, 5.74) is 2.18. The quantitative estimate of drug-likeness (QED) is 0.818. The number of nitrogens with zero attached hydrogens (tertiary/aromatic N) is 2. The van der Waals surface area contributed by atoms with Crippen LogP contribution in [-0.2, 0) is 4.79 Å². The number of quaternary nitrogens is 1. The summed E-state index contributed by atoms with van der Waals surface area (Å²) in [4.78, 5) is 15.2. The van der Waals surface area contributed by atoms with Crippen molar-refractivity contribution in [3.8, 4) is 0 Å². The highest BCUT2D eigenvalue weighted by Crippen LogP contribution is 2.29. The molecule has 0 radical (unpaired) electrons. The maximum atomic E-state index is 12.8. The van der Waals surface area contributed by atoms with E-state index in [9.17, 15) is 4.79 Å². The minimum atomic E-state index is -0.0372. The molecule has 138 valence electrons. The number of benzene rings is 1. The van der Waals surface area contributed by atoms with Crippen LogP contribution >= 0.6 is 0 Å². The molecular formula is C21H34N3O+. The topological polar surface area (TPSA) is 32.3 Å². The van der Waals surface area contributed by atoms with Gasteiger partial charge in [0.05, 0.1) is 20.1 Å². The summed E-state index contributed by atoms with van der Waals surface area (Å²) in [7, 11) is 4.42. The number of carbonyl (C=O) groups is 1. The van der Waals surface area contributed by atoms with Gasteiger partial charge in [0.1, 0.15) is 0 Å². The summed E-state index contributed by atoms with van der Waals surface area (Å²) in [6.07, 6.45) is 9.01. The molecule has 1 saturated carbocycles. The first kappa shape index (κ1) is 18.2. The van der Waals surface area contributed by atoms with Gasteiger partial charge in [-0.15, -0.1) is 0 Å². The Kier molecular flexibility index (Phi) is 5.67. The molecule has 2 fully saturated rings. The van der Waals surface area contributed by atoms with Gasteiger partial charge in [0.25, 0.3) is 5.91 Å². The van der Waals surface area contributed by atoms with Gasteiger partial charge in [-0.25, -0.2) is 0 Å². The highest BCUT2D eigenvalue weighted by atomic mass is 16.2. The first-order chi connectivity index (χ1) is 12.0. The van der Waals surface area contributed by atoms with Crippen LogP contribution in [0.3, 0.4) is 0 Å². The van der Waals surface area contributed by atoms with Crippen molar-refractivity contribution < 1.29 is 9.28 Å². The van der Waals surface area contributed by atoms with Gasteiger partial charge in [-0.05, 0) is 76.1 Å². The predicted molar refractivity (Wildman–Crippen MR) is 105 cm³/mol. The van der Waals surface area contributed by atoms with Crippen molar-refractivity contribution in [2.24, 2.45) is 0 Å². The van der Waals surface area contributed by atoms with Gasteiger partial charge in [0, 0.05) is 24.5 Å². The molecule has 3 rings (SSSR count). The molecule has 0 unspecified atom stereocenters. The Hall–Kier alpha value is -1.55. The van der Waals surface area contributed by atoms with Crippen LogP contribution in [0.2, 0.25) is 0 Å². The zero-order chi connectivity index (χ0) is 17.9. The van der Waals surface area contributed by atoms with Crippen LogP contribution in [0, 0.1) is 0 Å². The summed E-state index contributed by atoms with van der Waals surface area (Å²) < 4.78 is 0.789. The summed E-state index contributed by atoms with van der Waals surface area (Å²) >= 11 is 0. The molecular weight excluding hydrogens is 310 g/mol. The first-order valence-corrected chi connectivity index (χ1v) is 9.97. The number of likely N-dealkylation sites (N-methyl/N-ethyl adjacent to an activating group) is 1. The van der Waals surface area contributed by atoms with Crippen LogP contribution in [0.15, 0.2) is 24.3 Å². The molecule has 1 N–H and O–H groups in total. The molecule has 1 amide bonds. The van der Waals surface area contributed by atoms with E-state index in [4.69, 9.17) is 0 Å². The number of carbonyl (C=O) groups excluding carboxylic acids is 1. The van der Waals surface area contributed by atoms with E-state index in [0.717, 1.165) is 23.3 Å². The summed E-state index contributed by atoms with van der Waals surface area (Å²) in [5, 5.41) is 3.13. The van der Waals surface area contributed by atoms with Crippen molar-refractivity contribution in [1.82, 2.24) is 0 Å². The van der Waals surface area contributed by atoms with E-state index in [1.54, 1.807) is 0 Å². The van der Waals surface area contributed by atoms with Crippen molar-refractivity contribution in [3.05, 3.63) is 24.3 Å². The average Bonchev–Trinajstić information content (AvgIpc) is 3.18. The highest BCUT2D eigenvalue weighted by molar-refractivity contribution is 5.94. The van der Waals surface area contributed by atoms with E-state index in [0.29, 0.717) is 6.04 Å². The van der Waals surface area contributed by atoms with Crippen molar-refractivity contribution in [3.63, 3.8) is 0 Å². The zero-order valence-electron chi connectivity index (χ0n) is 16.1. The Morgan fingerprint density at radius 2 is 1.64 bits per heavy atom. The second-order valence-corrected chi connectivity index (χ2v) is 8.33. The Morgan fingerprint density at radius 3 is 2.24 bits per heavy atom. The van der Waals surface area contributed by atoms with E-state index in [2.05, 4.69) is 43.4 Å². The Labute approximate surface area is 152 Å². The van der Waals surface area contributed by atoms with Crippen LogP contribution in [-0.4, -0.2) is 49.7 Å². The maximum absolute atomic E-state index is 12.8. The van der Waals surface area contributed by atoms with Crippen LogP contribution < -0.4 is 10.2 Å². The van der Waals surface area contributed by atoms with E-state index >= 15 is 0 Å². The molecule has 4 heteroatoms. The molecule has 0 aromatic heterocycles. The molecule has 25 heavy (non-hydrogen) atoms. The standard InChI is InChI=1S/C21H33N3O/c1-17(24(2,3)20-9-5-6-10-20)21(25)22-18-11-13-19(14-12-18)23-15-7-4-8-16-23/h11-14,17,20H,4-10,15-16H2,1-3H3/p+1/t17-/m0/s1. The molecule has 4 nitrogen and oxygen atoms in total. The van der Waals surface area contributed by atoms with Gasteiger partial charge < -0.3 is 14.7 Å². The lowest BCUT2D eigenvalue weighted by atomic mass is 10.1. The summed E-state index contributed by atoms with van der Waals surface area (Å²) in [6.45, 7) is 4.36. The molecule has 1 aromatic rings. The molecule has 0 bridgehead atoms. The van der Waals surface area contributed by atoms with Crippen LogP contribution in [0.5, 0.6) is 0 Å². The molecule has 1 heterocycles. The number of nitrogens with one attached hydrogen (secondary N) is 1. The molecule has 1 aliphatic heterocycles. The second kappa shape index (κ2) is 7.77. The number of hydrogen-bond donors (Lipinski definition) is 1. The van der Waals surface area contributed by atoms with E-state index in [1.165, 1.54) is 50.6 Å². The molecule has 1 aliphatic carbocycles. The van der Waals surface area contributed by atoms with E-state index < -0.39 is 0 Å². The van der Waals surface area contributed by atoms with Gasteiger partial charge in [-0.1, -0.05) is 0 Å². The number of rotatable bonds is 5. The highest BCUT2D eigenvalue weighted by Gasteiger charge is 2.39. The largest absolute Gasteiger partial charge is 0.372 e. The van der Waals surface area contributed by atoms with E-state index in [-0.39, 0.29) is 11.9 Å². The minimum absolute atomic E-state index is 0.0372. The third kappa shape index (κ3) is 4.17. The van der Waals surface area contributed by atoms with Gasteiger partial charge in [0.2, 0.25) is 0 Å². The fraction of sp³-hybridized carbons (Fsp3) is 0.667. The number of piperidine rings is 1. The molecule has 0 spiro atoms. The van der Waals surface area contributed by atoms with Gasteiger partial charge in [0.15, 0.2) is 6.04 Å². The summed E-state index contributed by atoms with van der Waals surface area (Å²) in [6, 6.07) is 8.95. The normalized spacial score (nSPS) is 20.5. The molecule has 2 aliphatic rings. The zero-order valence-corrected chi connectivity index (χ0v) is 16.1. The summed E-state index contributed by atoms with van der Waals surface area (Å²) in [5.74, 6) is 0.127. The minimum Gasteiger partial charge on any atom is -0.372 e. The Morgan fingerprint density at radius 1 is 1.04 bits per heavy atom. The Bertz CT molecular complexity index is 569. The third-order valence-corrected chi connectivity index (χ3v) is 6.50. The van der Waals surface area contributed by atoms with Crippen molar-refractivity contribution in [2.45, 2.75) is 64.0 Å². The third-order valence-electron chi connectivity index (χ3n) is 6.50. The Balaban J connectivity index is 1.60. The van der Waals surface area contributed by atoms with Crippen molar-refractivity contribution >= 4 is 17.3 Å². The lowest BCUT2D eigenvalue weighted by molar-refractivity contribution is -0.927. The van der Waals surface area contributed by atoms with Gasteiger partial charge >= 0.3 is 0 Å². The van der Waals surface area contributed by atoms with Crippen LogP contribution in [0.1, 0.15) is 51.9 Å². The number of amides is 1. The smallest absolute Gasteiger partial charge is 0.282 e. The lowest BCUT2D eigenvalue weighted by Gasteiger charge is -2.40. The second-order valence-electron chi connectivity index (χ2n) is 8.33. The van der Waals surface area contributed by atoms with E-state index in [1.807, 2.05) is 12.1 Å². The van der Waals surface area contributed by atoms with Crippen LogP contribution in [0.4, 0.5) is 11.4 Å². The number of anilines is 2. The number of hydrogen-bond acceptors (Lipinski definition) is 2. The fourth-order valence-electron chi connectivity index (χ4n) is 4.34. The van der Waals surface area contributed by atoms with Gasteiger partial charge in [-0.3, -0.25) is 4.79 Å². The fourth-order valence-corrected chi connectivity index (χ4v) is 4.34. The molecule has 1 atom stereocenters. The van der Waals surface area contributed by atoms with Crippen LogP contribution in [0.25, 0.3) is 0 Å². The molecule has 1 saturated heterocycles. The van der Waals surface area contributed by atoms with Crippen molar-refractivity contribution in [1.29, 1.82) is 0 Å². The average molecular weight is 345 g/mol. The molecule has 1 aromatic carbocycles. The van der Waals surface area contributed by atoms with Gasteiger partial charge in [-0.2, -0.15) is 0 Å². The SMILES string of the molecule is C[C@@H](C(=O)Nc1ccc(N2CCCCC2)cc1)[N+](C)(C)C1CCCC1. The van der Waals surface area contributed by atoms with Crippen molar-refractivity contribution in [2.75, 3.05) is 37.4 Å². The first-order valence-electron chi connectivity index (χ1n) is 9.97.